The first-order valence-corrected chi connectivity index (χ1v) is 8.04. The molecule has 2 heterocycles. The number of halogens is 3. The number of benzene rings is 1. The Kier molecular flexibility index (Phi) is 5.04. The molecule has 1 aromatic heterocycles. The normalized spacial score (nSPS) is 18.6. The van der Waals surface area contributed by atoms with E-state index in [1.54, 1.807) is 6.92 Å². The Bertz CT molecular complexity index is 717. The third kappa shape index (κ3) is 3.53. The average Bonchev–Trinajstić information content (AvgIpc) is 3.07. The summed E-state index contributed by atoms with van der Waals surface area (Å²) < 4.78 is 47.2. The number of aryl methyl sites for hydroxylation is 1. The van der Waals surface area contributed by atoms with Crippen molar-refractivity contribution in [3.05, 3.63) is 59.2 Å². The van der Waals surface area contributed by atoms with Crippen LogP contribution in [0.15, 0.2) is 30.6 Å². The lowest BCUT2D eigenvalue weighted by molar-refractivity contribution is 0.135. The van der Waals surface area contributed by atoms with Gasteiger partial charge in [0.05, 0.1) is 6.20 Å². The van der Waals surface area contributed by atoms with E-state index in [-0.39, 0.29) is 11.7 Å². The molecule has 1 fully saturated rings. The number of pyridine rings is 1. The SMILES string of the molecule is CCc1cc(F)cc(F)c1O[C@H](c1cncc(F)c1)[C@@H]1CCNC1. The molecule has 0 aliphatic carbocycles. The Balaban J connectivity index is 1.98. The highest BCUT2D eigenvalue weighted by Crippen LogP contribution is 2.35. The van der Waals surface area contributed by atoms with Crippen molar-refractivity contribution >= 4 is 0 Å². The molecule has 1 aromatic carbocycles. The Morgan fingerprint density at radius 2 is 2.04 bits per heavy atom. The van der Waals surface area contributed by atoms with E-state index in [1.165, 1.54) is 18.3 Å². The van der Waals surface area contributed by atoms with Gasteiger partial charge in [0.2, 0.25) is 0 Å². The van der Waals surface area contributed by atoms with E-state index in [2.05, 4.69) is 10.3 Å². The number of hydrogen-bond donors (Lipinski definition) is 1. The highest BCUT2D eigenvalue weighted by atomic mass is 19.1. The predicted molar refractivity (Wildman–Crippen MR) is 84.3 cm³/mol. The largest absolute Gasteiger partial charge is 0.482 e. The van der Waals surface area contributed by atoms with Gasteiger partial charge in [0, 0.05) is 30.3 Å². The van der Waals surface area contributed by atoms with E-state index in [9.17, 15) is 13.2 Å². The third-order valence-corrected chi connectivity index (χ3v) is 4.29. The van der Waals surface area contributed by atoms with Crippen LogP contribution >= 0.6 is 0 Å². The number of nitrogens with zero attached hydrogens (tertiary/aromatic N) is 1. The maximum Gasteiger partial charge on any atom is 0.168 e. The fourth-order valence-corrected chi connectivity index (χ4v) is 3.09. The molecular weight excluding hydrogens is 317 g/mol. The Morgan fingerprint density at radius 3 is 2.71 bits per heavy atom. The lowest BCUT2D eigenvalue weighted by atomic mass is 9.95. The van der Waals surface area contributed by atoms with E-state index in [4.69, 9.17) is 4.74 Å². The number of rotatable bonds is 5. The van der Waals surface area contributed by atoms with Gasteiger partial charge in [-0.05, 0) is 37.1 Å². The number of hydrogen-bond acceptors (Lipinski definition) is 3. The number of ether oxygens (including phenoxy) is 1. The van der Waals surface area contributed by atoms with Crippen molar-refractivity contribution in [1.29, 1.82) is 0 Å². The van der Waals surface area contributed by atoms with Crippen LogP contribution in [-0.2, 0) is 6.42 Å². The van der Waals surface area contributed by atoms with Crippen molar-refractivity contribution in [2.75, 3.05) is 13.1 Å². The fourth-order valence-electron chi connectivity index (χ4n) is 3.09. The highest BCUT2D eigenvalue weighted by molar-refractivity contribution is 5.36. The summed E-state index contributed by atoms with van der Waals surface area (Å²) in [5.74, 6) is -1.76. The molecule has 0 bridgehead atoms. The number of nitrogens with one attached hydrogen (secondary N) is 1. The summed E-state index contributed by atoms with van der Waals surface area (Å²) in [5, 5.41) is 3.23. The Morgan fingerprint density at radius 1 is 1.21 bits per heavy atom. The summed E-state index contributed by atoms with van der Waals surface area (Å²) in [6.45, 7) is 3.31. The summed E-state index contributed by atoms with van der Waals surface area (Å²) in [7, 11) is 0. The van der Waals surface area contributed by atoms with E-state index in [0.29, 0.717) is 24.1 Å². The van der Waals surface area contributed by atoms with Crippen LogP contribution in [-0.4, -0.2) is 18.1 Å². The molecule has 6 heteroatoms. The van der Waals surface area contributed by atoms with E-state index >= 15 is 0 Å². The van der Waals surface area contributed by atoms with Crippen LogP contribution in [0, 0.1) is 23.4 Å². The quantitative estimate of drug-likeness (QED) is 0.902. The molecule has 3 nitrogen and oxygen atoms in total. The summed E-state index contributed by atoms with van der Waals surface area (Å²) in [6.07, 6.45) is 3.35. The summed E-state index contributed by atoms with van der Waals surface area (Å²) in [4.78, 5) is 3.87. The summed E-state index contributed by atoms with van der Waals surface area (Å²) in [5.41, 5.74) is 1.00. The molecule has 128 valence electrons. The molecule has 1 saturated heterocycles. The third-order valence-electron chi connectivity index (χ3n) is 4.29. The lowest BCUT2D eigenvalue weighted by Gasteiger charge is -2.26. The van der Waals surface area contributed by atoms with Crippen LogP contribution in [0.5, 0.6) is 5.75 Å². The number of aromatic nitrogens is 1. The first kappa shape index (κ1) is 16.8. The monoisotopic (exact) mass is 336 g/mol. The van der Waals surface area contributed by atoms with E-state index in [1.807, 2.05) is 0 Å². The van der Waals surface area contributed by atoms with Crippen molar-refractivity contribution in [3.8, 4) is 5.75 Å². The zero-order valence-corrected chi connectivity index (χ0v) is 13.4. The van der Waals surface area contributed by atoms with Gasteiger partial charge in [0.25, 0.3) is 0 Å². The molecule has 3 rings (SSSR count). The molecule has 2 atom stereocenters. The van der Waals surface area contributed by atoms with Crippen molar-refractivity contribution in [1.82, 2.24) is 10.3 Å². The Labute approximate surface area is 138 Å². The van der Waals surface area contributed by atoms with Gasteiger partial charge in [0.1, 0.15) is 17.7 Å². The molecule has 2 aromatic rings. The smallest absolute Gasteiger partial charge is 0.168 e. The van der Waals surface area contributed by atoms with Gasteiger partial charge in [0.15, 0.2) is 11.6 Å². The van der Waals surface area contributed by atoms with E-state index < -0.39 is 23.6 Å². The molecule has 0 radical (unpaired) electrons. The standard InChI is InChI=1S/C18H19F3N2O/c1-2-11-5-14(19)7-16(21)18(11)24-17(12-3-4-22-8-12)13-6-15(20)10-23-9-13/h5-7,9-10,12,17,22H,2-4,8H2,1H3/t12-,17+/m1/s1. The molecular formula is C18H19F3N2O. The minimum Gasteiger partial charge on any atom is -0.482 e. The van der Waals surface area contributed by atoms with Gasteiger partial charge < -0.3 is 10.1 Å². The average molecular weight is 336 g/mol. The van der Waals surface area contributed by atoms with Gasteiger partial charge in [-0.15, -0.1) is 0 Å². The second-order valence-corrected chi connectivity index (χ2v) is 5.96. The minimum atomic E-state index is -0.743. The van der Waals surface area contributed by atoms with Crippen molar-refractivity contribution in [2.45, 2.75) is 25.9 Å². The van der Waals surface area contributed by atoms with Crippen molar-refractivity contribution in [3.63, 3.8) is 0 Å². The van der Waals surface area contributed by atoms with Crippen LogP contribution in [0.1, 0.15) is 30.6 Å². The lowest BCUT2D eigenvalue weighted by Crippen LogP contribution is -2.22. The second kappa shape index (κ2) is 7.21. The zero-order chi connectivity index (χ0) is 17.1. The zero-order valence-electron chi connectivity index (χ0n) is 13.4. The van der Waals surface area contributed by atoms with Gasteiger partial charge in [-0.3, -0.25) is 4.98 Å². The fraction of sp³-hybridized carbons (Fsp3) is 0.389. The molecule has 0 saturated carbocycles. The topological polar surface area (TPSA) is 34.1 Å². The first-order valence-electron chi connectivity index (χ1n) is 8.04. The first-order chi connectivity index (χ1) is 11.6. The maximum absolute atomic E-state index is 14.3. The van der Waals surface area contributed by atoms with Crippen molar-refractivity contribution in [2.24, 2.45) is 5.92 Å². The van der Waals surface area contributed by atoms with Crippen LogP contribution in [0.25, 0.3) is 0 Å². The predicted octanol–water partition coefficient (Wildman–Crippen LogP) is 3.79. The molecule has 0 unspecified atom stereocenters. The van der Waals surface area contributed by atoms with Crippen LogP contribution in [0.2, 0.25) is 0 Å². The molecule has 0 amide bonds. The minimum absolute atomic E-state index is 0.0278. The Hall–Kier alpha value is -2.08. The molecule has 1 N–H and O–H groups in total. The van der Waals surface area contributed by atoms with Crippen molar-refractivity contribution < 1.29 is 17.9 Å². The van der Waals surface area contributed by atoms with Crippen LogP contribution in [0.4, 0.5) is 13.2 Å². The maximum atomic E-state index is 14.3. The van der Waals surface area contributed by atoms with Crippen LogP contribution < -0.4 is 10.1 Å². The van der Waals surface area contributed by atoms with Gasteiger partial charge in [-0.1, -0.05) is 6.92 Å². The summed E-state index contributed by atoms with van der Waals surface area (Å²) in [6, 6.07) is 3.43. The van der Waals surface area contributed by atoms with E-state index in [0.717, 1.165) is 25.2 Å². The van der Waals surface area contributed by atoms with Crippen LogP contribution in [0.3, 0.4) is 0 Å². The van der Waals surface area contributed by atoms with Gasteiger partial charge in [-0.2, -0.15) is 0 Å². The second-order valence-electron chi connectivity index (χ2n) is 5.96. The molecule has 1 aliphatic rings. The van der Waals surface area contributed by atoms with Gasteiger partial charge in [-0.25, -0.2) is 13.2 Å². The molecule has 0 spiro atoms. The highest BCUT2D eigenvalue weighted by Gasteiger charge is 2.30. The molecule has 24 heavy (non-hydrogen) atoms. The van der Waals surface area contributed by atoms with Gasteiger partial charge >= 0.3 is 0 Å². The molecule has 1 aliphatic heterocycles. The summed E-state index contributed by atoms with van der Waals surface area (Å²) >= 11 is 0.